The predicted molar refractivity (Wildman–Crippen MR) is 76.9 cm³/mol. The van der Waals surface area contributed by atoms with Crippen LogP contribution in [0.1, 0.15) is 18.5 Å². The Bertz CT molecular complexity index is 395. The molecule has 0 atom stereocenters. The quantitative estimate of drug-likeness (QED) is 0.885. The van der Waals surface area contributed by atoms with Crippen molar-refractivity contribution in [2.45, 2.75) is 19.8 Å². The van der Waals surface area contributed by atoms with Crippen LogP contribution >= 0.6 is 0 Å². The van der Waals surface area contributed by atoms with Crippen LogP contribution in [-0.4, -0.2) is 43.6 Å². The summed E-state index contributed by atoms with van der Waals surface area (Å²) in [5, 5.41) is 0. The summed E-state index contributed by atoms with van der Waals surface area (Å²) in [5.41, 5.74) is 7.86. The monoisotopic (exact) mass is 248 g/mol. The molecule has 18 heavy (non-hydrogen) atoms. The molecular weight excluding hydrogens is 224 g/mol. The Kier molecular flexibility index (Phi) is 4.07. The average Bonchev–Trinajstić information content (AvgIpc) is 2.33. The van der Waals surface area contributed by atoms with Crippen LogP contribution in [0.2, 0.25) is 0 Å². The SMILES string of the molecule is Cc1ccc(N)c(N2CCC(CN(C)C)CC2)n1. The second kappa shape index (κ2) is 5.57. The molecule has 4 nitrogen and oxygen atoms in total. The number of nitrogen functional groups attached to an aromatic ring is 1. The van der Waals surface area contributed by atoms with Crippen LogP contribution in [0.25, 0.3) is 0 Å². The maximum Gasteiger partial charge on any atom is 0.152 e. The van der Waals surface area contributed by atoms with Gasteiger partial charge in [-0.2, -0.15) is 0 Å². The van der Waals surface area contributed by atoms with Gasteiger partial charge in [-0.25, -0.2) is 4.98 Å². The van der Waals surface area contributed by atoms with Crippen LogP contribution in [0.15, 0.2) is 12.1 Å². The maximum absolute atomic E-state index is 6.02. The number of nitrogens with zero attached hydrogens (tertiary/aromatic N) is 3. The Morgan fingerprint density at radius 1 is 1.33 bits per heavy atom. The highest BCUT2D eigenvalue weighted by molar-refractivity contribution is 5.63. The minimum atomic E-state index is 0.798. The van der Waals surface area contributed by atoms with Crippen LogP contribution in [-0.2, 0) is 0 Å². The molecule has 0 bridgehead atoms. The fourth-order valence-electron chi connectivity index (χ4n) is 2.65. The second-order valence-corrected chi connectivity index (χ2v) is 5.56. The first-order valence-electron chi connectivity index (χ1n) is 6.69. The molecule has 2 N–H and O–H groups in total. The number of nitrogens with two attached hydrogens (primary N) is 1. The molecule has 2 rings (SSSR count). The van der Waals surface area contributed by atoms with Gasteiger partial charge in [0.25, 0.3) is 0 Å². The first-order valence-corrected chi connectivity index (χ1v) is 6.69. The maximum atomic E-state index is 6.02. The van der Waals surface area contributed by atoms with E-state index in [9.17, 15) is 0 Å². The summed E-state index contributed by atoms with van der Waals surface area (Å²) < 4.78 is 0. The van der Waals surface area contributed by atoms with E-state index in [4.69, 9.17) is 5.73 Å². The van der Waals surface area contributed by atoms with Gasteiger partial charge in [-0.15, -0.1) is 0 Å². The van der Waals surface area contributed by atoms with Crippen molar-refractivity contribution in [3.8, 4) is 0 Å². The van der Waals surface area contributed by atoms with Crippen LogP contribution in [0.4, 0.5) is 11.5 Å². The summed E-state index contributed by atoms with van der Waals surface area (Å²) in [5.74, 6) is 1.78. The average molecular weight is 248 g/mol. The Balaban J connectivity index is 1.99. The van der Waals surface area contributed by atoms with Gasteiger partial charge in [-0.05, 0) is 51.9 Å². The summed E-state index contributed by atoms with van der Waals surface area (Å²) in [6, 6.07) is 3.93. The van der Waals surface area contributed by atoms with Crippen molar-refractivity contribution < 1.29 is 0 Å². The molecule has 0 aromatic carbocycles. The van der Waals surface area contributed by atoms with E-state index < -0.39 is 0 Å². The standard InChI is InChI=1S/C14H24N4/c1-11-4-5-13(15)14(16-11)18-8-6-12(7-9-18)10-17(2)3/h4-5,12H,6-10,15H2,1-3H3. The largest absolute Gasteiger partial charge is 0.396 e. The van der Waals surface area contributed by atoms with Gasteiger partial charge >= 0.3 is 0 Å². The number of aryl methyl sites for hydroxylation is 1. The highest BCUT2D eigenvalue weighted by atomic mass is 15.2. The summed E-state index contributed by atoms with van der Waals surface area (Å²) in [6.45, 7) is 5.34. The normalized spacial score (nSPS) is 17.4. The molecule has 0 amide bonds. The van der Waals surface area contributed by atoms with E-state index in [0.29, 0.717) is 0 Å². The van der Waals surface area contributed by atoms with Crippen LogP contribution in [0.5, 0.6) is 0 Å². The Hall–Kier alpha value is -1.29. The molecule has 2 heterocycles. The van der Waals surface area contributed by atoms with Crippen LogP contribution < -0.4 is 10.6 Å². The van der Waals surface area contributed by atoms with Gasteiger partial charge in [0.1, 0.15) is 0 Å². The van der Waals surface area contributed by atoms with E-state index in [-0.39, 0.29) is 0 Å². The lowest BCUT2D eigenvalue weighted by molar-refractivity contribution is 0.284. The van der Waals surface area contributed by atoms with Crippen LogP contribution in [0, 0.1) is 12.8 Å². The fraction of sp³-hybridized carbons (Fsp3) is 0.643. The molecule has 1 aromatic rings. The van der Waals surface area contributed by atoms with E-state index in [1.165, 1.54) is 19.4 Å². The molecule has 1 aliphatic heterocycles. The van der Waals surface area contributed by atoms with Crippen molar-refractivity contribution in [1.82, 2.24) is 9.88 Å². The molecule has 0 saturated carbocycles. The number of pyridine rings is 1. The van der Waals surface area contributed by atoms with Gasteiger partial charge in [0.05, 0.1) is 5.69 Å². The molecule has 0 spiro atoms. The van der Waals surface area contributed by atoms with Crippen molar-refractivity contribution in [2.75, 3.05) is 44.4 Å². The lowest BCUT2D eigenvalue weighted by atomic mass is 9.96. The zero-order valence-corrected chi connectivity index (χ0v) is 11.7. The molecule has 0 aliphatic carbocycles. The minimum absolute atomic E-state index is 0.798. The van der Waals surface area contributed by atoms with Gasteiger partial charge in [0.15, 0.2) is 5.82 Å². The summed E-state index contributed by atoms with van der Waals surface area (Å²) >= 11 is 0. The molecule has 1 aliphatic rings. The van der Waals surface area contributed by atoms with Crippen molar-refractivity contribution in [3.05, 3.63) is 17.8 Å². The zero-order chi connectivity index (χ0) is 13.1. The number of hydrogen-bond acceptors (Lipinski definition) is 4. The predicted octanol–water partition coefficient (Wildman–Crippen LogP) is 1.75. The second-order valence-electron chi connectivity index (χ2n) is 5.56. The number of hydrogen-bond donors (Lipinski definition) is 1. The molecule has 0 unspecified atom stereocenters. The molecular formula is C14H24N4. The topological polar surface area (TPSA) is 45.4 Å². The minimum Gasteiger partial charge on any atom is -0.396 e. The third-order valence-electron chi connectivity index (χ3n) is 3.58. The van der Waals surface area contributed by atoms with Crippen molar-refractivity contribution in [3.63, 3.8) is 0 Å². The molecule has 1 fully saturated rings. The first kappa shape index (κ1) is 13.1. The van der Waals surface area contributed by atoms with Crippen LogP contribution in [0.3, 0.4) is 0 Å². The third-order valence-corrected chi connectivity index (χ3v) is 3.58. The van der Waals surface area contributed by atoms with Gasteiger partial charge in [-0.3, -0.25) is 0 Å². The summed E-state index contributed by atoms with van der Waals surface area (Å²) in [4.78, 5) is 9.18. The van der Waals surface area contributed by atoms with E-state index >= 15 is 0 Å². The lowest BCUT2D eigenvalue weighted by Crippen LogP contribution is -2.37. The summed E-state index contributed by atoms with van der Waals surface area (Å²) in [6.07, 6.45) is 2.46. The van der Waals surface area contributed by atoms with Gasteiger partial charge in [0, 0.05) is 25.3 Å². The Morgan fingerprint density at radius 3 is 2.61 bits per heavy atom. The number of piperidine rings is 1. The highest BCUT2D eigenvalue weighted by Gasteiger charge is 2.21. The van der Waals surface area contributed by atoms with Gasteiger partial charge in [-0.1, -0.05) is 0 Å². The van der Waals surface area contributed by atoms with Crippen molar-refractivity contribution in [2.24, 2.45) is 5.92 Å². The Labute approximate surface area is 110 Å². The van der Waals surface area contributed by atoms with E-state index in [2.05, 4.69) is 28.9 Å². The molecule has 1 aromatic heterocycles. The zero-order valence-electron chi connectivity index (χ0n) is 11.7. The molecule has 1 saturated heterocycles. The molecule has 100 valence electrons. The van der Waals surface area contributed by atoms with Gasteiger partial charge < -0.3 is 15.5 Å². The van der Waals surface area contributed by atoms with E-state index in [1.54, 1.807) is 0 Å². The third kappa shape index (κ3) is 3.13. The smallest absolute Gasteiger partial charge is 0.152 e. The number of anilines is 2. The van der Waals surface area contributed by atoms with Crippen molar-refractivity contribution >= 4 is 11.5 Å². The fourth-order valence-corrected chi connectivity index (χ4v) is 2.65. The summed E-state index contributed by atoms with van der Waals surface area (Å²) in [7, 11) is 4.29. The van der Waals surface area contributed by atoms with E-state index in [1.807, 2.05) is 19.1 Å². The number of aromatic nitrogens is 1. The molecule has 0 radical (unpaired) electrons. The Morgan fingerprint density at radius 2 is 2.00 bits per heavy atom. The van der Waals surface area contributed by atoms with Crippen molar-refractivity contribution in [1.29, 1.82) is 0 Å². The first-order chi connectivity index (χ1) is 8.56. The lowest BCUT2D eigenvalue weighted by Gasteiger charge is -2.34. The van der Waals surface area contributed by atoms with Gasteiger partial charge in [0.2, 0.25) is 0 Å². The van der Waals surface area contributed by atoms with E-state index in [0.717, 1.165) is 36.2 Å². The highest BCUT2D eigenvalue weighted by Crippen LogP contribution is 2.26. The number of rotatable bonds is 3. The molecule has 4 heteroatoms.